The van der Waals surface area contributed by atoms with Crippen molar-refractivity contribution in [2.24, 2.45) is 0 Å². The Morgan fingerprint density at radius 3 is 2.70 bits per heavy atom. The van der Waals surface area contributed by atoms with Gasteiger partial charge in [0.2, 0.25) is 0 Å². The van der Waals surface area contributed by atoms with Crippen molar-refractivity contribution >= 4 is 17.3 Å². The molecule has 2 rings (SSSR count). The molecule has 20 heavy (non-hydrogen) atoms. The summed E-state index contributed by atoms with van der Waals surface area (Å²) in [6, 6.07) is 3.90. The van der Waals surface area contributed by atoms with Gasteiger partial charge in [-0.25, -0.2) is 4.79 Å². The standard InChI is InChI=1S/C13H17N3O4/c17-13(18)10-3-4-11(12(9-10)16(19)20)14-5-8-15-6-1-2-7-15/h3-4,9,14H,1-2,5-8H2,(H,17,18). The van der Waals surface area contributed by atoms with E-state index in [4.69, 9.17) is 5.11 Å². The van der Waals surface area contributed by atoms with Gasteiger partial charge in [0.15, 0.2) is 0 Å². The molecule has 1 heterocycles. The van der Waals surface area contributed by atoms with Crippen LogP contribution in [0.25, 0.3) is 0 Å². The topological polar surface area (TPSA) is 95.7 Å². The zero-order valence-electron chi connectivity index (χ0n) is 11.0. The van der Waals surface area contributed by atoms with Crippen molar-refractivity contribution in [3.05, 3.63) is 33.9 Å². The number of carboxylic acid groups (broad SMARTS) is 1. The lowest BCUT2D eigenvalue weighted by molar-refractivity contribution is -0.384. The molecule has 0 bridgehead atoms. The molecular weight excluding hydrogens is 262 g/mol. The molecule has 0 spiro atoms. The summed E-state index contributed by atoms with van der Waals surface area (Å²) in [4.78, 5) is 23.5. The molecule has 0 atom stereocenters. The number of hydrogen-bond donors (Lipinski definition) is 2. The Bertz CT molecular complexity index is 512. The van der Waals surface area contributed by atoms with Gasteiger partial charge in [-0.3, -0.25) is 10.1 Å². The minimum Gasteiger partial charge on any atom is -0.478 e. The van der Waals surface area contributed by atoms with E-state index in [1.54, 1.807) is 0 Å². The molecule has 7 heteroatoms. The minimum absolute atomic E-state index is 0.0817. The summed E-state index contributed by atoms with van der Waals surface area (Å²) in [7, 11) is 0. The van der Waals surface area contributed by atoms with Gasteiger partial charge in [0.25, 0.3) is 5.69 Å². The summed E-state index contributed by atoms with van der Waals surface area (Å²) in [5.74, 6) is -1.17. The van der Waals surface area contributed by atoms with Crippen molar-refractivity contribution in [3.8, 4) is 0 Å². The van der Waals surface area contributed by atoms with E-state index < -0.39 is 10.9 Å². The summed E-state index contributed by atoms with van der Waals surface area (Å²) in [5.41, 5.74) is 0.0762. The molecule has 7 nitrogen and oxygen atoms in total. The fourth-order valence-corrected chi connectivity index (χ4v) is 2.32. The molecule has 0 aliphatic carbocycles. The number of nitrogens with zero attached hydrogens (tertiary/aromatic N) is 2. The molecule has 0 radical (unpaired) electrons. The third-order valence-corrected chi connectivity index (χ3v) is 3.38. The number of rotatable bonds is 6. The van der Waals surface area contributed by atoms with Crippen LogP contribution >= 0.6 is 0 Å². The van der Waals surface area contributed by atoms with E-state index in [0.717, 1.165) is 25.7 Å². The van der Waals surface area contributed by atoms with Gasteiger partial charge in [-0.05, 0) is 38.1 Å². The first-order valence-electron chi connectivity index (χ1n) is 6.56. The second-order valence-electron chi connectivity index (χ2n) is 4.77. The van der Waals surface area contributed by atoms with E-state index in [1.807, 2.05) is 0 Å². The lowest BCUT2D eigenvalue weighted by Crippen LogP contribution is -2.26. The molecule has 2 N–H and O–H groups in total. The molecule has 108 valence electrons. The zero-order chi connectivity index (χ0) is 14.5. The van der Waals surface area contributed by atoms with Crippen LogP contribution in [-0.4, -0.2) is 47.1 Å². The fraction of sp³-hybridized carbons (Fsp3) is 0.462. The number of carbonyl (C=O) groups is 1. The van der Waals surface area contributed by atoms with Crippen molar-refractivity contribution in [3.63, 3.8) is 0 Å². The molecule has 1 aliphatic heterocycles. The molecule has 1 aliphatic rings. The van der Waals surface area contributed by atoms with E-state index in [2.05, 4.69) is 10.2 Å². The van der Waals surface area contributed by atoms with Gasteiger partial charge in [0.05, 0.1) is 10.5 Å². The second kappa shape index (κ2) is 6.33. The lowest BCUT2D eigenvalue weighted by Gasteiger charge is -2.15. The van der Waals surface area contributed by atoms with E-state index >= 15 is 0 Å². The largest absolute Gasteiger partial charge is 0.478 e. The van der Waals surface area contributed by atoms with Crippen LogP contribution in [0.15, 0.2) is 18.2 Å². The SMILES string of the molecule is O=C(O)c1ccc(NCCN2CCCC2)c([N+](=O)[O-])c1. The van der Waals surface area contributed by atoms with Crippen LogP contribution in [0.2, 0.25) is 0 Å². The highest BCUT2D eigenvalue weighted by Gasteiger charge is 2.17. The molecule has 1 aromatic rings. The summed E-state index contributed by atoms with van der Waals surface area (Å²) >= 11 is 0. The van der Waals surface area contributed by atoms with E-state index in [-0.39, 0.29) is 11.3 Å². The monoisotopic (exact) mass is 279 g/mol. The predicted octanol–water partition coefficient (Wildman–Crippen LogP) is 1.80. The fourth-order valence-electron chi connectivity index (χ4n) is 2.32. The minimum atomic E-state index is -1.17. The highest BCUT2D eigenvalue weighted by Crippen LogP contribution is 2.25. The number of likely N-dealkylation sites (tertiary alicyclic amines) is 1. The van der Waals surface area contributed by atoms with Crippen molar-refractivity contribution in [1.82, 2.24) is 4.90 Å². The molecule has 1 saturated heterocycles. The third-order valence-electron chi connectivity index (χ3n) is 3.38. The summed E-state index contributed by atoms with van der Waals surface area (Å²) in [6.07, 6.45) is 2.40. The smallest absolute Gasteiger partial charge is 0.335 e. The number of benzene rings is 1. The van der Waals surface area contributed by atoms with Crippen molar-refractivity contribution < 1.29 is 14.8 Å². The quantitative estimate of drug-likeness (QED) is 0.609. The first-order chi connectivity index (χ1) is 9.58. The van der Waals surface area contributed by atoms with Crippen LogP contribution in [-0.2, 0) is 0 Å². The maximum atomic E-state index is 11.0. The van der Waals surface area contributed by atoms with Crippen molar-refractivity contribution in [1.29, 1.82) is 0 Å². The average molecular weight is 279 g/mol. The first kappa shape index (κ1) is 14.3. The predicted molar refractivity (Wildman–Crippen MR) is 74.2 cm³/mol. The number of anilines is 1. The van der Waals surface area contributed by atoms with Gasteiger partial charge in [-0.1, -0.05) is 0 Å². The maximum Gasteiger partial charge on any atom is 0.335 e. The van der Waals surface area contributed by atoms with E-state index in [0.29, 0.717) is 12.2 Å². The number of nitro groups is 1. The molecule has 0 saturated carbocycles. The third kappa shape index (κ3) is 3.45. The second-order valence-corrected chi connectivity index (χ2v) is 4.77. The number of aromatic carboxylic acids is 1. The number of hydrogen-bond acceptors (Lipinski definition) is 5. The average Bonchev–Trinajstić information content (AvgIpc) is 2.91. The van der Waals surface area contributed by atoms with E-state index in [9.17, 15) is 14.9 Å². The Labute approximate surface area is 116 Å². The lowest BCUT2D eigenvalue weighted by atomic mass is 10.1. The van der Waals surface area contributed by atoms with Gasteiger partial charge < -0.3 is 15.3 Å². The molecule has 1 aromatic carbocycles. The number of carboxylic acids is 1. The van der Waals surface area contributed by atoms with Crippen LogP contribution in [0.1, 0.15) is 23.2 Å². The van der Waals surface area contributed by atoms with Crippen LogP contribution in [0.3, 0.4) is 0 Å². The Morgan fingerprint density at radius 1 is 1.40 bits per heavy atom. The van der Waals surface area contributed by atoms with Gasteiger partial charge in [-0.15, -0.1) is 0 Å². The Morgan fingerprint density at radius 2 is 2.10 bits per heavy atom. The zero-order valence-corrected chi connectivity index (χ0v) is 11.0. The maximum absolute atomic E-state index is 11.0. The highest BCUT2D eigenvalue weighted by atomic mass is 16.6. The van der Waals surface area contributed by atoms with Crippen molar-refractivity contribution in [2.75, 3.05) is 31.5 Å². The van der Waals surface area contributed by atoms with Crippen LogP contribution < -0.4 is 5.32 Å². The van der Waals surface area contributed by atoms with Crippen molar-refractivity contribution in [2.45, 2.75) is 12.8 Å². The van der Waals surface area contributed by atoms with Gasteiger partial charge in [0.1, 0.15) is 5.69 Å². The van der Waals surface area contributed by atoms with E-state index in [1.165, 1.54) is 25.0 Å². The van der Waals surface area contributed by atoms with Gasteiger partial charge in [0, 0.05) is 19.2 Å². The van der Waals surface area contributed by atoms with Crippen LogP contribution in [0.5, 0.6) is 0 Å². The Kier molecular flexibility index (Phi) is 4.52. The molecule has 0 amide bonds. The van der Waals surface area contributed by atoms with Gasteiger partial charge in [-0.2, -0.15) is 0 Å². The van der Waals surface area contributed by atoms with Crippen LogP contribution in [0, 0.1) is 10.1 Å². The number of nitro benzene ring substituents is 1. The van der Waals surface area contributed by atoms with Gasteiger partial charge >= 0.3 is 5.97 Å². The molecule has 0 unspecified atom stereocenters. The Hall–Kier alpha value is -2.15. The summed E-state index contributed by atoms with van der Waals surface area (Å²) in [6.45, 7) is 3.58. The molecule has 1 fully saturated rings. The highest BCUT2D eigenvalue weighted by molar-refractivity contribution is 5.89. The molecule has 0 aromatic heterocycles. The van der Waals surface area contributed by atoms with Crippen LogP contribution in [0.4, 0.5) is 11.4 Å². The number of nitrogens with one attached hydrogen (secondary N) is 1. The normalized spacial score (nSPS) is 15.2. The first-order valence-corrected chi connectivity index (χ1v) is 6.56. The molecular formula is C13H17N3O4. The summed E-state index contributed by atoms with van der Waals surface area (Å²) in [5, 5.41) is 22.8. The Balaban J connectivity index is 2.02. The summed E-state index contributed by atoms with van der Waals surface area (Å²) < 4.78 is 0.